The van der Waals surface area contributed by atoms with Gasteiger partial charge in [-0.3, -0.25) is 4.57 Å². The van der Waals surface area contributed by atoms with Gasteiger partial charge in [-0.15, -0.1) is 0 Å². The van der Waals surface area contributed by atoms with Crippen molar-refractivity contribution in [3.63, 3.8) is 0 Å². The number of anilines is 1. The Morgan fingerprint density at radius 3 is 2.64 bits per heavy atom. The molecule has 1 aromatic rings. The Labute approximate surface area is 143 Å². The molecule has 140 valence electrons. The first-order valence-electron chi connectivity index (χ1n) is 8.06. The molecule has 0 bridgehead atoms. The summed E-state index contributed by atoms with van der Waals surface area (Å²) in [4.78, 5) is 16.0. The van der Waals surface area contributed by atoms with Crippen LogP contribution in [-0.2, 0) is 9.47 Å². The number of rotatable bonds is 5. The average Bonchev–Trinajstić information content (AvgIpc) is 2.89. The summed E-state index contributed by atoms with van der Waals surface area (Å²) in [6, 6.07) is 1.50. The highest BCUT2D eigenvalue weighted by Crippen LogP contribution is 2.28. The van der Waals surface area contributed by atoms with E-state index in [2.05, 4.69) is 10.3 Å². The Bertz CT molecular complexity index is 648. The maximum atomic E-state index is 12.2. The van der Waals surface area contributed by atoms with Crippen LogP contribution in [0.25, 0.3) is 0 Å². The van der Waals surface area contributed by atoms with Gasteiger partial charge in [-0.05, 0) is 6.07 Å². The molecule has 5 N–H and O–H groups in total. The molecule has 3 heterocycles. The number of aromatic nitrogens is 2. The third kappa shape index (κ3) is 3.82. The van der Waals surface area contributed by atoms with Crippen molar-refractivity contribution in [3.05, 3.63) is 22.7 Å². The maximum absolute atomic E-state index is 12.2. The van der Waals surface area contributed by atoms with Crippen LogP contribution in [0.5, 0.6) is 0 Å². The molecule has 0 saturated carbocycles. The fraction of sp³-hybridized carbons (Fsp3) is 0.714. The number of ether oxygens (including phenoxy) is 2. The standard InChI is InChI=1S/C14H22N4O7/c19-7-9-11(20)12(21)13(25-9)17-2-1-10(16-14(17)22)15-8-18(23)3-5-24-6-4-18/h1-2,9,11-13,19-21,23H,3-8H2/p+1/t9-,11+,12?,13-/m1/s1. The monoisotopic (exact) mass is 359 g/mol. The third-order valence-electron chi connectivity index (χ3n) is 4.48. The number of nitrogens with zero attached hydrogens (tertiary/aromatic N) is 3. The van der Waals surface area contributed by atoms with Crippen LogP contribution in [0.15, 0.2) is 17.1 Å². The van der Waals surface area contributed by atoms with Gasteiger partial charge in [0, 0.05) is 6.20 Å². The Morgan fingerprint density at radius 1 is 1.32 bits per heavy atom. The molecule has 1 aromatic heterocycles. The lowest BCUT2D eigenvalue weighted by Crippen LogP contribution is -2.55. The molecule has 1 unspecified atom stereocenters. The zero-order valence-corrected chi connectivity index (χ0v) is 13.6. The van der Waals surface area contributed by atoms with E-state index >= 15 is 0 Å². The zero-order valence-electron chi connectivity index (χ0n) is 13.6. The van der Waals surface area contributed by atoms with Crippen molar-refractivity contribution in [1.29, 1.82) is 0 Å². The molecule has 25 heavy (non-hydrogen) atoms. The Hall–Kier alpha value is -1.60. The highest BCUT2D eigenvalue weighted by molar-refractivity contribution is 5.31. The molecule has 11 nitrogen and oxygen atoms in total. The van der Waals surface area contributed by atoms with E-state index in [-0.39, 0.29) is 17.1 Å². The van der Waals surface area contributed by atoms with Gasteiger partial charge < -0.3 is 30.1 Å². The fourth-order valence-corrected chi connectivity index (χ4v) is 2.88. The predicted octanol–water partition coefficient (Wildman–Crippen LogP) is -2.54. The summed E-state index contributed by atoms with van der Waals surface area (Å²) in [7, 11) is 0. The van der Waals surface area contributed by atoms with Gasteiger partial charge >= 0.3 is 5.69 Å². The normalized spacial score (nSPS) is 31.8. The topological polar surface area (TPSA) is 146 Å². The SMILES string of the molecule is O=c1nc(NC[N+]2(O)CCOCC2)ccn1[C@@H]1O[C@H](CO)[C@H](O)C1O. The summed E-state index contributed by atoms with van der Waals surface area (Å²) >= 11 is 0. The largest absolute Gasteiger partial charge is 0.394 e. The first-order valence-corrected chi connectivity index (χ1v) is 8.06. The number of aliphatic hydroxyl groups is 3. The van der Waals surface area contributed by atoms with Crippen LogP contribution in [0.1, 0.15) is 6.23 Å². The molecule has 11 heteroatoms. The van der Waals surface area contributed by atoms with E-state index < -0.39 is 36.8 Å². The minimum absolute atomic E-state index is 0.174. The molecule has 2 saturated heterocycles. The van der Waals surface area contributed by atoms with Gasteiger partial charge in [-0.1, -0.05) is 0 Å². The molecule has 0 radical (unpaired) electrons. The van der Waals surface area contributed by atoms with E-state index in [1.54, 1.807) is 0 Å². The van der Waals surface area contributed by atoms with Crippen molar-refractivity contribution in [2.24, 2.45) is 0 Å². The van der Waals surface area contributed by atoms with Gasteiger partial charge in [-0.2, -0.15) is 9.63 Å². The Kier molecular flexibility index (Phi) is 5.34. The van der Waals surface area contributed by atoms with E-state index in [1.165, 1.54) is 12.3 Å². The summed E-state index contributed by atoms with van der Waals surface area (Å²) in [6.07, 6.45) is -3.37. The van der Waals surface area contributed by atoms with Crippen LogP contribution in [0.4, 0.5) is 5.82 Å². The van der Waals surface area contributed by atoms with E-state index in [0.717, 1.165) is 4.57 Å². The highest BCUT2D eigenvalue weighted by Gasteiger charge is 2.43. The lowest BCUT2D eigenvalue weighted by atomic mass is 10.1. The van der Waals surface area contributed by atoms with Crippen LogP contribution >= 0.6 is 0 Å². The third-order valence-corrected chi connectivity index (χ3v) is 4.48. The molecular formula is C14H23N4O7+. The highest BCUT2D eigenvalue weighted by atomic mass is 16.6. The summed E-state index contributed by atoms with van der Waals surface area (Å²) in [5.41, 5.74) is -0.689. The Balaban J connectivity index is 1.68. The molecule has 2 aliphatic heterocycles. The minimum Gasteiger partial charge on any atom is -0.394 e. The van der Waals surface area contributed by atoms with Crippen molar-refractivity contribution in [1.82, 2.24) is 9.55 Å². The molecule has 4 atom stereocenters. The number of aliphatic hydroxyl groups excluding tert-OH is 3. The molecule has 0 aromatic carbocycles. The molecule has 3 rings (SSSR count). The van der Waals surface area contributed by atoms with Crippen molar-refractivity contribution in [2.45, 2.75) is 24.5 Å². The summed E-state index contributed by atoms with van der Waals surface area (Å²) < 4.78 is 11.3. The summed E-state index contributed by atoms with van der Waals surface area (Å²) in [5, 5.41) is 42.1. The average molecular weight is 359 g/mol. The molecule has 0 spiro atoms. The second kappa shape index (κ2) is 7.33. The first-order chi connectivity index (χ1) is 11.9. The van der Waals surface area contributed by atoms with Gasteiger partial charge in [0.15, 0.2) is 12.9 Å². The van der Waals surface area contributed by atoms with E-state index in [0.29, 0.717) is 26.3 Å². The van der Waals surface area contributed by atoms with E-state index in [1.807, 2.05) is 0 Å². The van der Waals surface area contributed by atoms with Crippen molar-refractivity contribution < 1.29 is 34.6 Å². The van der Waals surface area contributed by atoms with Crippen LogP contribution in [0, 0.1) is 0 Å². The van der Waals surface area contributed by atoms with Crippen LogP contribution in [0.2, 0.25) is 0 Å². The second-order valence-corrected chi connectivity index (χ2v) is 6.22. The number of nitrogens with one attached hydrogen (secondary N) is 1. The van der Waals surface area contributed by atoms with Crippen molar-refractivity contribution in [3.8, 4) is 0 Å². The lowest BCUT2D eigenvalue weighted by molar-refractivity contribution is -1.10. The zero-order chi connectivity index (χ0) is 18.0. The first kappa shape index (κ1) is 18.2. The fourth-order valence-electron chi connectivity index (χ4n) is 2.88. The smallest absolute Gasteiger partial charge is 0.351 e. The number of hydrogen-bond acceptors (Lipinski definition) is 9. The van der Waals surface area contributed by atoms with Gasteiger partial charge in [-0.25, -0.2) is 10.0 Å². The quantitative estimate of drug-likeness (QED) is 0.359. The summed E-state index contributed by atoms with van der Waals surface area (Å²) in [5.74, 6) is 0.269. The predicted molar refractivity (Wildman–Crippen MR) is 82.6 cm³/mol. The van der Waals surface area contributed by atoms with Gasteiger partial charge in [0.25, 0.3) is 0 Å². The van der Waals surface area contributed by atoms with Crippen molar-refractivity contribution >= 4 is 5.82 Å². The minimum atomic E-state index is -1.35. The van der Waals surface area contributed by atoms with Crippen LogP contribution in [-0.4, -0.2) is 92.6 Å². The van der Waals surface area contributed by atoms with Crippen LogP contribution in [0.3, 0.4) is 0 Å². The maximum Gasteiger partial charge on any atom is 0.351 e. The van der Waals surface area contributed by atoms with Crippen LogP contribution < -0.4 is 11.0 Å². The van der Waals surface area contributed by atoms with E-state index in [4.69, 9.17) is 14.6 Å². The number of hydroxylamine groups is 3. The van der Waals surface area contributed by atoms with Gasteiger partial charge in [0.2, 0.25) is 0 Å². The summed E-state index contributed by atoms with van der Waals surface area (Å²) in [6.45, 7) is 1.49. The molecule has 2 aliphatic rings. The van der Waals surface area contributed by atoms with Gasteiger partial charge in [0.1, 0.15) is 37.2 Å². The molecule has 2 fully saturated rings. The number of morpholine rings is 1. The number of quaternary nitrogens is 1. The molecule has 0 amide bonds. The number of hydrogen-bond donors (Lipinski definition) is 5. The van der Waals surface area contributed by atoms with E-state index in [9.17, 15) is 20.2 Å². The van der Waals surface area contributed by atoms with Crippen molar-refractivity contribution in [2.75, 3.05) is 44.9 Å². The second-order valence-electron chi connectivity index (χ2n) is 6.22. The molecule has 0 aliphatic carbocycles. The lowest BCUT2D eigenvalue weighted by Gasteiger charge is -2.33. The Morgan fingerprint density at radius 2 is 2.04 bits per heavy atom. The molecular weight excluding hydrogens is 336 g/mol. The van der Waals surface area contributed by atoms with Gasteiger partial charge in [0.05, 0.1) is 19.8 Å².